The second-order valence-corrected chi connectivity index (χ2v) is 6.64. The highest BCUT2D eigenvalue weighted by molar-refractivity contribution is 7.08. The minimum absolute atomic E-state index is 0.120. The molecule has 0 N–H and O–H groups in total. The van der Waals surface area contributed by atoms with Crippen molar-refractivity contribution in [3.05, 3.63) is 45.7 Å². The van der Waals surface area contributed by atoms with Crippen LogP contribution in [0.15, 0.2) is 23.0 Å². The highest BCUT2D eigenvalue weighted by Gasteiger charge is 2.28. The SMILES string of the molecule is COCc1cnc(C)nc1C1CCCN(C(=O)c2ccsc2)C1. The fraction of sp³-hybridized carbons (Fsp3) is 0.471. The second kappa shape index (κ2) is 7.19. The first-order valence-corrected chi connectivity index (χ1v) is 8.76. The summed E-state index contributed by atoms with van der Waals surface area (Å²) in [4.78, 5) is 23.5. The van der Waals surface area contributed by atoms with Gasteiger partial charge in [0.1, 0.15) is 5.82 Å². The number of likely N-dealkylation sites (tertiary alicyclic amines) is 1. The van der Waals surface area contributed by atoms with Gasteiger partial charge in [-0.25, -0.2) is 9.97 Å². The summed E-state index contributed by atoms with van der Waals surface area (Å²) in [5.41, 5.74) is 2.83. The number of methoxy groups -OCH3 is 1. The van der Waals surface area contributed by atoms with Crippen molar-refractivity contribution in [3.63, 3.8) is 0 Å². The molecule has 1 atom stereocenters. The van der Waals surface area contributed by atoms with Crippen molar-refractivity contribution in [3.8, 4) is 0 Å². The number of aryl methyl sites for hydroxylation is 1. The van der Waals surface area contributed by atoms with Gasteiger partial charge in [0.15, 0.2) is 0 Å². The number of piperidine rings is 1. The number of thiophene rings is 1. The molecule has 2 aromatic heterocycles. The topological polar surface area (TPSA) is 55.3 Å². The Morgan fingerprint density at radius 1 is 1.52 bits per heavy atom. The number of nitrogens with zero attached hydrogens (tertiary/aromatic N) is 3. The monoisotopic (exact) mass is 331 g/mol. The predicted molar refractivity (Wildman–Crippen MR) is 89.7 cm³/mol. The fourth-order valence-corrected chi connectivity index (χ4v) is 3.72. The van der Waals surface area contributed by atoms with Gasteiger partial charge in [-0.1, -0.05) is 0 Å². The normalized spacial score (nSPS) is 18.2. The van der Waals surface area contributed by atoms with Gasteiger partial charge in [0.25, 0.3) is 5.91 Å². The number of carbonyl (C=O) groups excluding carboxylic acids is 1. The van der Waals surface area contributed by atoms with E-state index in [4.69, 9.17) is 4.74 Å². The summed E-state index contributed by atoms with van der Waals surface area (Å²) in [6.45, 7) is 3.93. The zero-order valence-electron chi connectivity index (χ0n) is 13.5. The van der Waals surface area contributed by atoms with E-state index in [1.54, 1.807) is 18.4 Å². The van der Waals surface area contributed by atoms with Gasteiger partial charge in [0.05, 0.1) is 17.9 Å². The number of rotatable bonds is 4. The van der Waals surface area contributed by atoms with Crippen LogP contribution in [-0.2, 0) is 11.3 Å². The maximum Gasteiger partial charge on any atom is 0.254 e. The molecular formula is C17H21N3O2S. The average Bonchev–Trinajstić information content (AvgIpc) is 3.10. The lowest BCUT2D eigenvalue weighted by atomic mass is 9.91. The van der Waals surface area contributed by atoms with E-state index < -0.39 is 0 Å². The van der Waals surface area contributed by atoms with E-state index >= 15 is 0 Å². The van der Waals surface area contributed by atoms with Crippen molar-refractivity contribution >= 4 is 17.2 Å². The molecule has 0 saturated carbocycles. The Morgan fingerprint density at radius 2 is 2.39 bits per heavy atom. The molecule has 5 nitrogen and oxygen atoms in total. The van der Waals surface area contributed by atoms with Crippen LogP contribution in [0.3, 0.4) is 0 Å². The van der Waals surface area contributed by atoms with Crippen LogP contribution >= 0.6 is 11.3 Å². The van der Waals surface area contributed by atoms with Crippen LogP contribution in [-0.4, -0.2) is 41.0 Å². The van der Waals surface area contributed by atoms with Crippen molar-refractivity contribution < 1.29 is 9.53 Å². The van der Waals surface area contributed by atoms with Crippen molar-refractivity contribution in [1.82, 2.24) is 14.9 Å². The maximum absolute atomic E-state index is 12.6. The molecule has 23 heavy (non-hydrogen) atoms. The van der Waals surface area contributed by atoms with Gasteiger partial charge in [-0.15, -0.1) is 0 Å². The minimum atomic E-state index is 0.120. The zero-order chi connectivity index (χ0) is 16.2. The van der Waals surface area contributed by atoms with Gasteiger partial charge in [0, 0.05) is 43.3 Å². The third-order valence-electron chi connectivity index (χ3n) is 4.18. The van der Waals surface area contributed by atoms with E-state index in [2.05, 4.69) is 9.97 Å². The highest BCUT2D eigenvalue weighted by Crippen LogP contribution is 2.29. The Hall–Kier alpha value is -1.79. The van der Waals surface area contributed by atoms with Gasteiger partial charge >= 0.3 is 0 Å². The summed E-state index contributed by atoms with van der Waals surface area (Å²) >= 11 is 1.56. The molecule has 3 rings (SSSR count). The van der Waals surface area contributed by atoms with Crippen molar-refractivity contribution in [2.24, 2.45) is 0 Å². The molecule has 1 unspecified atom stereocenters. The lowest BCUT2D eigenvalue weighted by Gasteiger charge is -2.33. The Bertz CT molecular complexity index is 672. The number of amides is 1. The molecule has 1 saturated heterocycles. The second-order valence-electron chi connectivity index (χ2n) is 5.86. The standard InChI is InChI=1S/C17H21N3O2S/c1-12-18-8-15(10-22-2)16(19-12)13-4-3-6-20(9-13)17(21)14-5-7-23-11-14/h5,7-8,11,13H,3-4,6,9-10H2,1-2H3. The quantitative estimate of drug-likeness (QED) is 0.864. The zero-order valence-corrected chi connectivity index (χ0v) is 14.3. The minimum Gasteiger partial charge on any atom is -0.380 e. The lowest BCUT2D eigenvalue weighted by Crippen LogP contribution is -2.39. The van der Waals surface area contributed by atoms with E-state index in [9.17, 15) is 4.79 Å². The van der Waals surface area contributed by atoms with Crippen LogP contribution in [0.5, 0.6) is 0 Å². The molecule has 1 aliphatic heterocycles. The van der Waals surface area contributed by atoms with Crippen molar-refractivity contribution in [1.29, 1.82) is 0 Å². The largest absolute Gasteiger partial charge is 0.380 e. The third kappa shape index (κ3) is 3.59. The van der Waals surface area contributed by atoms with E-state index in [0.717, 1.165) is 42.0 Å². The Labute approximate surface area is 140 Å². The summed E-state index contributed by atoms with van der Waals surface area (Å²) in [6, 6.07) is 1.89. The van der Waals surface area contributed by atoms with E-state index in [0.29, 0.717) is 13.2 Å². The van der Waals surface area contributed by atoms with Gasteiger partial charge in [-0.05, 0) is 31.2 Å². The lowest BCUT2D eigenvalue weighted by molar-refractivity contribution is 0.0705. The van der Waals surface area contributed by atoms with Crippen LogP contribution in [0.1, 0.15) is 46.2 Å². The first kappa shape index (κ1) is 16.1. The summed E-state index contributed by atoms with van der Waals surface area (Å²) < 4.78 is 5.27. The molecule has 0 radical (unpaired) electrons. The molecule has 1 amide bonds. The molecular weight excluding hydrogens is 310 g/mol. The number of hydrogen-bond donors (Lipinski definition) is 0. The summed E-state index contributed by atoms with van der Waals surface area (Å²) in [5, 5.41) is 3.86. The highest BCUT2D eigenvalue weighted by atomic mass is 32.1. The summed E-state index contributed by atoms with van der Waals surface area (Å²) in [7, 11) is 1.68. The molecule has 1 aliphatic rings. The number of hydrogen-bond acceptors (Lipinski definition) is 5. The molecule has 0 aliphatic carbocycles. The van der Waals surface area contributed by atoms with Gasteiger partial charge < -0.3 is 9.64 Å². The average molecular weight is 331 g/mol. The summed E-state index contributed by atoms with van der Waals surface area (Å²) in [5.74, 6) is 1.13. The van der Waals surface area contributed by atoms with E-state index in [-0.39, 0.29) is 11.8 Å². The predicted octanol–water partition coefficient (Wildman–Crippen LogP) is 3.01. The molecule has 1 fully saturated rings. The van der Waals surface area contributed by atoms with Crippen LogP contribution in [0.2, 0.25) is 0 Å². The first-order chi connectivity index (χ1) is 11.2. The Morgan fingerprint density at radius 3 is 3.13 bits per heavy atom. The van der Waals surface area contributed by atoms with Crippen LogP contribution in [0.4, 0.5) is 0 Å². The molecule has 0 aromatic carbocycles. The van der Waals surface area contributed by atoms with E-state index in [1.165, 1.54) is 0 Å². The molecule has 122 valence electrons. The molecule has 3 heterocycles. The number of aromatic nitrogens is 2. The molecule has 0 spiro atoms. The third-order valence-corrected chi connectivity index (χ3v) is 4.86. The van der Waals surface area contributed by atoms with E-state index in [1.807, 2.05) is 34.8 Å². The number of ether oxygens (including phenoxy) is 1. The van der Waals surface area contributed by atoms with Gasteiger partial charge in [-0.2, -0.15) is 11.3 Å². The van der Waals surface area contributed by atoms with Crippen LogP contribution in [0.25, 0.3) is 0 Å². The molecule has 6 heteroatoms. The van der Waals surface area contributed by atoms with Crippen LogP contribution in [0, 0.1) is 6.92 Å². The van der Waals surface area contributed by atoms with Gasteiger partial charge in [-0.3, -0.25) is 4.79 Å². The first-order valence-electron chi connectivity index (χ1n) is 7.82. The fourth-order valence-electron chi connectivity index (χ4n) is 3.09. The van der Waals surface area contributed by atoms with Crippen molar-refractivity contribution in [2.75, 3.05) is 20.2 Å². The van der Waals surface area contributed by atoms with Gasteiger partial charge in [0.2, 0.25) is 0 Å². The summed E-state index contributed by atoms with van der Waals surface area (Å²) in [6.07, 6.45) is 3.89. The molecule has 0 bridgehead atoms. The Balaban J connectivity index is 1.81. The maximum atomic E-state index is 12.6. The van der Waals surface area contributed by atoms with Crippen LogP contribution < -0.4 is 0 Å². The Kier molecular flexibility index (Phi) is 5.03. The molecule has 2 aromatic rings. The smallest absolute Gasteiger partial charge is 0.254 e. The van der Waals surface area contributed by atoms with Crippen molar-refractivity contribution in [2.45, 2.75) is 32.3 Å². The number of carbonyl (C=O) groups is 1.